The van der Waals surface area contributed by atoms with Crippen LogP contribution in [0.2, 0.25) is 0 Å². The minimum absolute atomic E-state index is 0.0823. The third-order valence-corrected chi connectivity index (χ3v) is 8.31. The van der Waals surface area contributed by atoms with Gasteiger partial charge < -0.3 is 0 Å². The van der Waals surface area contributed by atoms with E-state index in [9.17, 15) is 5.26 Å². The van der Waals surface area contributed by atoms with Gasteiger partial charge in [0, 0.05) is 11.8 Å². The molecular formula is C32H46N2. The lowest BCUT2D eigenvalue weighted by molar-refractivity contribution is 0.213. The van der Waals surface area contributed by atoms with Crippen molar-refractivity contribution in [1.29, 1.82) is 5.26 Å². The van der Waals surface area contributed by atoms with E-state index in [1.165, 1.54) is 68.1 Å². The van der Waals surface area contributed by atoms with Crippen LogP contribution in [0.5, 0.6) is 0 Å². The molecule has 1 aromatic heterocycles. The van der Waals surface area contributed by atoms with Gasteiger partial charge in [-0.05, 0) is 80.4 Å². The fourth-order valence-corrected chi connectivity index (χ4v) is 5.43. The lowest BCUT2D eigenvalue weighted by Crippen LogP contribution is -2.26. The Morgan fingerprint density at radius 1 is 0.971 bits per heavy atom. The Balaban J connectivity index is 1.49. The van der Waals surface area contributed by atoms with E-state index < -0.39 is 0 Å². The van der Waals surface area contributed by atoms with E-state index in [2.05, 4.69) is 69.4 Å². The number of rotatable bonds is 13. The van der Waals surface area contributed by atoms with Crippen molar-refractivity contribution in [2.75, 3.05) is 0 Å². The summed E-state index contributed by atoms with van der Waals surface area (Å²) in [6, 6.07) is 16.2. The predicted octanol–water partition coefficient (Wildman–Crippen LogP) is 9.65. The molecule has 0 saturated heterocycles. The fourth-order valence-electron chi connectivity index (χ4n) is 5.43. The minimum Gasteiger partial charge on any atom is -0.256 e. The monoisotopic (exact) mass is 458 g/mol. The van der Waals surface area contributed by atoms with Crippen LogP contribution >= 0.6 is 0 Å². The summed E-state index contributed by atoms with van der Waals surface area (Å²) in [6.45, 7) is 6.84. The van der Waals surface area contributed by atoms with E-state index in [1.807, 2.05) is 0 Å². The van der Waals surface area contributed by atoms with E-state index >= 15 is 0 Å². The second-order valence-electron chi connectivity index (χ2n) is 10.9. The lowest BCUT2D eigenvalue weighted by Gasteiger charge is -2.36. The predicted molar refractivity (Wildman–Crippen MR) is 145 cm³/mol. The quantitative estimate of drug-likeness (QED) is 0.280. The molecule has 0 N–H and O–H groups in total. The molecule has 1 aliphatic carbocycles. The van der Waals surface area contributed by atoms with Gasteiger partial charge >= 0.3 is 0 Å². The largest absolute Gasteiger partial charge is 0.256 e. The Hall–Kier alpha value is -2.14. The van der Waals surface area contributed by atoms with E-state index in [-0.39, 0.29) is 5.41 Å². The van der Waals surface area contributed by atoms with Crippen molar-refractivity contribution < 1.29 is 0 Å². The fraction of sp³-hybridized carbons (Fsp3) is 0.625. The molecule has 1 fully saturated rings. The molecule has 3 rings (SSSR count). The van der Waals surface area contributed by atoms with Crippen molar-refractivity contribution in [2.45, 2.75) is 117 Å². The summed E-state index contributed by atoms with van der Waals surface area (Å²) < 4.78 is 0. The molecule has 1 aromatic carbocycles. The van der Waals surface area contributed by atoms with Crippen LogP contribution in [-0.2, 0) is 6.42 Å². The zero-order valence-corrected chi connectivity index (χ0v) is 22.0. The molecule has 0 radical (unpaired) electrons. The molecule has 0 aliphatic heterocycles. The highest BCUT2D eigenvalue weighted by molar-refractivity contribution is 5.59. The number of nitrogens with zero attached hydrogens (tertiary/aromatic N) is 2. The molecule has 34 heavy (non-hydrogen) atoms. The molecule has 184 valence electrons. The van der Waals surface area contributed by atoms with Crippen LogP contribution in [0, 0.1) is 22.7 Å². The highest BCUT2D eigenvalue weighted by Gasteiger charge is 2.35. The maximum absolute atomic E-state index is 9.90. The summed E-state index contributed by atoms with van der Waals surface area (Å²) in [5, 5.41) is 9.90. The summed E-state index contributed by atoms with van der Waals surface area (Å²) in [6.07, 6.45) is 19.1. The molecule has 0 amide bonds. The molecular weight excluding hydrogens is 412 g/mol. The average Bonchev–Trinajstić information content (AvgIpc) is 2.90. The van der Waals surface area contributed by atoms with Crippen LogP contribution < -0.4 is 0 Å². The van der Waals surface area contributed by atoms with Crippen LogP contribution in [0.3, 0.4) is 0 Å². The summed E-state index contributed by atoms with van der Waals surface area (Å²) in [5.41, 5.74) is 4.96. The number of hydrogen-bond donors (Lipinski definition) is 0. The third-order valence-electron chi connectivity index (χ3n) is 8.31. The van der Waals surface area contributed by atoms with Gasteiger partial charge in [0.25, 0.3) is 0 Å². The van der Waals surface area contributed by atoms with Crippen molar-refractivity contribution in [3.8, 4) is 17.3 Å². The second kappa shape index (κ2) is 13.7. The van der Waals surface area contributed by atoms with Crippen molar-refractivity contribution in [3.63, 3.8) is 0 Å². The van der Waals surface area contributed by atoms with Gasteiger partial charge in [0.1, 0.15) is 0 Å². The van der Waals surface area contributed by atoms with Crippen molar-refractivity contribution in [3.05, 3.63) is 53.7 Å². The average molecular weight is 459 g/mol. The van der Waals surface area contributed by atoms with Gasteiger partial charge in [0.2, 0.25) is 0 Å². The molecule has 1 aliphatic rings. The molecule has 0 spiro atoms. The molecule has 2 heteroatoms. The third kappa shape index (κ3) is 7.69. The number of hydrogen-bond acceptors (Lipinski definition) is 2. The molecule has 1 atom stereocenters. The first kappa shape index (κ1) is 26.5. The molecule has 1 saturated carbocycles. The molecule has 1 heterocycles. The number of aryl methyl sites for hydroxylation is 1. The van der Waals surface area contributed by atoms with Crippen molar-refractivity contribution in [2.24, 2.45) is 11.3 Å². The zero-order chi connectivity index (χ0) is 24.2. The molecule has 2 aromatic rings. The summed E-state index contributed by atoms with van der Waals surface area (Å²) in [5.74, 6) is 1.32. The lowest BCUT2D eigenvalue weighted by atomic mass is 9.67. The van der Waals surface area contributed by atoms with Gasteiger partial charge in [0.15, 0.2) is 0 Å². The molecule has 0 unspecified atom stereocenters. The number of aromatic nitrogens is 1. The maximum Gasteiger partial charge on any atom is 0.0702 e. The van der Waals surface area contributed by atoms with Gasteiger partial charge in [-0.2, -0.15) is 5.26 Å². The number of nitriles is 1. The number of pyridine rings is 1. The van der Waals surface area contributed by atoms with Crippen LogP contribution in [0.25, 0.3) is 11.3 Å². The zero-order valence-electron chi connectivity index (χ0n) is 22.0. The second-order valence-corrected chi connectivity index (χ2v) is 10.9. The van der Waals surface area contributed by atoms with Crippen LogP contribution in [0.15, 0.2) is 42.6 Å². The van der Waals surface area contributed by atoms with Gasteiger partial charge in [-0.25, -0.2) is 0 Å². The Morgan fingerprint density at radius 3 is 2.29 bits per heavy atom. The number of benzene rings is 1. The summed E-state index contributed by atoms with van der Waals surface area (Å²) >= 11 is 0. The van der Waals surface area contributed by atoms with Crippen LogP contribution in [0.4, 0.5) is 0 Å². The van der Waals surface area contributed by atoms with Crippen LogP contribution in [-0.4, -0.2) is 4.98 Å². The minimum atomic E-state index is -0.0823. The van der Waals surface area contributed by atoms with Gasteiger partial charge in [0.05, 0.1) is 17.2 Å². The van der Waals surface area contributed by atoms with Gasteiger partial charge in [-0.3, -0.25) is 4.98 Å². The standard InChI is InChI=1S/C32H46N2/c1-4-6-7-8-9-10-11-27-12-17-31(34-24-27)30-15-13-28(14-16-30)29-19-22-32(25-33,23-20-29)21-18-26(3)5-2/h12-17,24,26,29H,4-11,18-23H2,1-3H3/t26-,29-,32-/m0/s1. The Bertz CT molecular complexity index is 867. The maximum atomic E-state index is 9.90. The Kier molecular flexibility index (Phi) is 10.6. The molecule has 0 bridgehead atoms. The topological polar surface area (TPSA) is 36.7 Å². The van der Waals surface area contributed by atoms with E-state index in [1.54, 1.807) is 0 Å². The highest BCUT2D eigenvalue weighted by Crippen LogP contribution is 2.46. The van der Waals surface area contributed by atoms with Crippen molar-refractivity contribution >= 4 is 0 Å². The SMILES string of the molecule is CCCCCCCCc1ccc(-c2ccc([C@H]3CC[C@@](C#N)(CC[C@@H](C)CC)CC3)cc2)nc1. The Morgan fingerprint density at radius 2 is 1.68 bits per heavy atom. The van der Waals surface area contributed by atoms with Crippen molar-refractivity contribution in [1.82, 2.24) is 4.98 Å². The van der Waals surface area contributed by atoms with Gasteiger partial charge in [-0.15, -0.1) is 0 Å². The summed E-state index contributed by atoms with van der Waals surface area (Å²) in [7, 11) is 0. The first-order chi connectivity index (χ1) is 16.6. The molecule has 2 nitrogen and oxygen atoms in total. The van der Waals surface area contributed by atoms with Crippen LogP contribution in [0.1, 0.15) is 121 Å². The Labute approximate surface area is 209 Å². The highest BCUT2D eigenvalue weighted by atomic mass is 14.7. The van der Waals surface area contributed by atoms with E-state index in [0.29, 0.717) is 5.92 Å². The first-order valence-electron chi connectivity index (χ1n) is 14.1. The summed E-state index contributed by atoms with van der Waals surface area (Å²) in [4.78, 5) is 4.76. The first-order valence-corrected chi connectivity index (χ1v) is 14.1. The van der Waals surface area contributed by atoms with Gasteiger partial charge in [-0.1, -0.05) is 89.6 Å². The van der Waals surface area contributed by atoms with E-state index in [4.69, 9.17) is 4.98 Å². The number of unbranched alkanes of at least 4 members (excludes halogenated alkanes) is 5. The smallest absolute Gasteiger partial charge is 0.0702 e. The normalized spacial score (nSPS) is 21.2. The van der Waals surface area contributed by atoms with E-state index in [0.717, 1.165) is 50.1 Å².